The SMILES string of the molecule is C=C1Oc2ccccc2C1N=C(N)c1cccc(-c2ccc3[nH]c4ccccc4c3c2)c1.Cc1ccccc1.c1ccc2c(c1)c1cccc3oc4cccc2c4c31. The number of amidine groups is 1. The molecule has 0 saturated heterocycles. The van der Waals surface area contributed by atoms with Crippen LogP contribution in [0, 0.1) is 6.92 Å². The summed E-state index contributed by atoms with van der Waals surface area (Å²) in [6.07, 6.45) is 0. The quantitative estimate of drug-likeness (QED) is 0.107. The number of nitrogens with zero attached hydrogens (tertiary/aromatic N) is 1. The van der Waals surface area contributed by atoms with Crippen molar-refractivity contribution in [2.75, 3.05) is 0 Å². The average Bonchev–Trinajstić information content (AvgIpc) is 3.95. The molecule has 0 spiro atoms. The lowest BCUT2D eigenvalue weighted by molar-refractivity contribution is 0.432. The number of para-hydroxylation sites is 2. The molecule has 9 aromatic carbocycles. The van der Waals surface area contributed by atoms with Crippen LogP contribution in [0.4, 0.5) is 0 Å². The van der Waals surface area contributed by atoms with Gasteiger partial charge in [0.2, 0.25) is 0 Å². The van der Waals surface area contributed by atoms with Crippen LogP contribution in [0.25, 0.3) is 76.4 Å². The molecule has 0 fully saturated rings. The van der Waals surface area contributed by atoms with Gasteiger partial charge in [-0.2, -0.15) is 0 Å². The van der Waals surface area contributed by atoms with Crippen molar-refractivity contribution in [2.45, 2.75) is 13.0 Å². The number of ether oxygens (including phenoxy) is 1. The minimum atomic E-state index is -0.294. The maximum atomic E-state index is 6.44. The molecule has 2 aromatic heterocycles. The van der Waals surface area contributed by atoms with Crippen molar-refractivity contribution >= 4 is 71.1 Å². The number of aliphatic imine (C=N–C) groups is 1. The van der Waals surface area contributed by atoms with Gasteiger partial charge in [0, 0.05) is 43.7 Å². The molecule has 0 bridgehead atoms. The number of fused-ring (bicyclic) bond motifs is 7. The van der Waals surface area contributed by atoms with Gasteiger partial charge in [0.1, 0.15) is 34.6 Å². The van der Waals surface area contributed by atoms with E-state index in [1.807, 2.05) is 60.7 Å². The maximum absolute atomic E-state index is 6.44. The molecule has 0 radical (unpaired) electrons. The fourth-order valence-corrected chi connectivity index (χ4v) is 8.21. The highest BCUT2D eigenvalue weighted by Crippen LogP contribution is 2.43. The number of nitrogens with two attached hydrogens (primary N) is 1. The summed E-state index contributed by atoms with van der Waals surface area (Å²) in [6, 6.07) is 62.0. The number of nitrogens with one attached hydrogen (secondary N) is 1. The van der Waals surface area contributed by atoms with Crippen LogP contribution < -0.4 is 10.5 Å². The van der Waals surface area contributed by atoms with Gasteiger partial charge < -0.3 is 19.9 Å². The molecule has 1 atom stereocenters. The molecule has 11 aromatic rings. The number of furan rings is 1. The average molecular weight is 750 g/mol. The minimum absolute atomic E-state index is 0.294. The van der Waals surface area contributed by atoms with Gasteiger partial charge in [0.15, 0.2) is 0 Å². The molecule has 5 nitrogen and oxygen atoms in total. The van der Waals surface area contributed by atoms with Gasteiger partial charge in [-0.3, -0.25) is 4.99 Å². The Hall–Kier alpha value is -7.63. The molecule has 12 rings (SSSR count). The summed E-state index contributed by atoms with van der Waals surface area (Å²) in [4.78, 5) is 8.23. The number of aromatic amines is 1. The molecule has 58 heavy (non-hydrogen) atoms. The van der Waals surface area contributed by atoms with E-state index in [0.29, 0.717) is 11.6 Å². The van der Waals surface area contributed by atoms with Crippen LogP contribution in [-0.2, 0) is 0 Å². The summed E-state index contributed by atoms with van der Waals surface area (Å²) in [6.45, 7) is 6.11. The Labute approximate surface area is 335 Å². The number of hydrogen-bond donors (Lipinski definition) is 2. The monoisotopic (exact) mass is 749 g/mol. The molecule has 0 aliphatic carbocycles. The number of aryl methyl sites for hydroxylation is 1. The van der Waals surface area contributed by atoms with Crippen LogP contribution in [0.15, 0.2) is 204 Å². The van der Waals surface area contributed by atoms with Crippen molar-refractivity contribution in [3.8, 4) is 16.9 Å². The molecule has 1 aliphatic rings. The zero-order chi connectivity index (χ0) is 39.2. The molecular weight excluding hydrogens is 711 g/mol. The van der Waals surface area contributed by atoms with Gasteiger partial charge >= 0.3 is 0 Å². The molecular formula is C53H39N3O2. The fourth-order valence-electron chi connectivity index (χ4n) is 8.21. The third-order valence-corrected chi connectivity index (χ3v) is 11.0. The van der Waals surface area contributed by atoms with E-state index in [1.165, 1.54) is 48.7 Å². The first-order chi connectivity index (χ1) is 28.5. The molecule has 0 saturated carbocycles. The summed E-state index contributed by atoms with van der Waals surface area (Å²) in [5, 5.41) is 10.1. The summed E-state index contributed by atoms with van der Waals surface area (Å²) < 4.78 is 11.7. The largest absolute Gasteiger partial charge is 0.459 e. The van der Waals surface area contributed by atoms with Crippen LogP contribution in [0.5, 0.6) is 5.75 Å². The zero-order valence-electron chi connectivity index (χ0n) is 31.9. The molecule has 1 unspecified atom stereocenters. The molecule has 0 amide bonds. The van der Waals surface area contributed by atoms with E-state index in [1.54, 1.807) is 0 Å². The Kier molecular flexibility index (Phi) is 8.68. The van der Waals surface area contributed by atoms with E-state index in [-0.39, 0.29) is 6.04 Å². The van der Waals surface area contributed by atoms with Gasteiger partial charge in [-0.05, 0) is 82.1 Å². The second kappa shape index (κ2) is 14.5. The van der Waals surface area contributed by atoms with Crippen LogP contribution in [-0.4, -0.2) is 10.8 Å². The van der Waals surface area contributed by atoms with Gasteiger partial charge in [0.05, 0.1) is 0 Å². The maximum Gasteiger partial charge on any atom is 0.138 e. The molecule has 1 aliphatic heterocycles. The topological polar surface area (TPSA) is 76.5 Å². The normalized spacial score (nSPS) is 13.8. The number of rotatable bonds is 3. The third-order valence-electron chi connectivity index (χ3n) is 11.0. The lowest BCUT2D eigenvalue weighted by Gasteiger charge is -2.09. The first-order valence-electron chi connectivity index (χ1n) is 19.5. The van der Waals surface area contributed by atoms with Gasteiger partial charge in [-0.1, -0.05) is 152 Å². The van der Waals surface area contributed by atoms with Crippen molar-refractivity contribution in [2.24, 2.45) is 10.7 Å². The lowest BCUT2D eigenvalue weighted by Crippen LogP contribution is -2.15. The van der Waals surface area contributed by atoms with Gasteiger partial charge in [0.25, 0.3) is 0 Å². The number of hydrogen-bond acceptors (Lipinski definition) is 3. The summed E-state index contributed by atoms with van der Waals surface area (Å²) in [7, 11) is 0. The number of benzene rings is 9. The van der Waals surface area contributed by atoms with Crippen molar-refractivity contribution in [3.63, 3.8) is 0 Å². The van der Waals surface area contributed by atoms with E-state index in [9.17, 15) is 0 Å². The van der Waals surface area contributed by atoms with E-state index in [2.05, 4.69) is 140 Å². The Morgan fingerprint density at radius 1 is 0.552 bits per heavy atom. The Morgan fingerprint density at radius 3 is 1.84 bits per heavy atom. The highest BCUT2D eigenvalue weighted by Gasteiger charge is 2.28. The summed E-state index contributed by atoms with van der Waals surface area (Å²) in [5.74, 6) is 1.85. The van der Waals surface area contributed by atoms with Gasteiger partial charge in [-0.25, -0.2) is 0 Å². The highest BCUT2D eigenvalue weighted by atomic mass is 16.5. The third kappa shape index (κ3) is 6.19. The van der Waals surface area contributed by atoms with Crippen LogP contribution in [0.2, 0.25) is 0 Å². The van der Waals surface area contributed by atoms with Gasteiger partial charge in [-0.15, -0.1) is 0 Å². The second-order valence-corrected chi connectivity index (χ2v) is 14.7. The van der Waals surface area contributed by atoms with Crippen molar-refractivity contribution in [1.29, 1.82) is 0 Å². The summed E-state index contributed by atoms with van der Waals surface area (Å²) in [5.41, 5.74) is 16.1. The summed E-state index contributed by atoms with van der Waals surface area (Å²) >= 11 is 0. The highest BCUT2D eigenvalue weighted by molar-refractivity contribution is 6.32. The number of aromatic nitrogens is 1. The molecule has 5 heteroatoms. The van der Waals surface area contributed by atoms with Crippen molar-refractivity contribution in [3.05, 3.63) is 211 Å². The second-order valence-electron chi connectivity index (χ2n) is 14.7. The van der Waals surface area contributed by atoms with Crippen molar-refractivity contribution in [1.82, 2.24) is 4.98 Å². The zero-order valence-corrected chi connectivity index (χ0v) is 31.9. The first kappa shape index (κ1) is 34.8. The lowest BCUT2D eigenvalue weighted by atomic mass is 9.95. The van der Waals surface area contributed by atoms with E-state index < -0.39 is 0 Å². The van der Waals surface area contributed by atoms with E-state index in [4.69, 9.17) is 19.9 Å². The van der Waals surface area contributed by atoms with Crippen LogP contribution in [0.3, 0.4) is 0 Å². The van der Waals surface area contributed by atoms with Crippen LogP contribution in [0.1, 0.15) is 22.7 Å². The Bertz CT molecular complexity index is 3230. The molecule has 3 N–H and O–H groups in total. The van der Waals surface area contributed by atoms with Crippen molar-refractivity contribution < 1.29 is 9.15 Å². The van der Waals surface area contributed by atoms with E-state index >= 15 is 0 Å². The van der Waals surface area contributed by atoms with E-state index in [0.717, 1.165) is 50.2 Å². The Morgan fingerprint density at radius 2 is 1.14 bits per heavy atom. The predicted molar refractivity (Wildman–Crippen MR) is 242 cm³/mol. The first-order valence-corrected chi connectivity index (χ1v) is 19.5. The standard InChI is InChI=1S/C28H21N3O.C18H10O.C7H8/c1-17-27(22-10-3-5-12-26(22)32-17)31-28(29)20-8-6-7-18(15-20)19-13-14-25-23(16-19)21-9-2-4-11-24(21)30-25;1-2-6-12-11(5-1)13-7-3-9-15-17(13)18-14(12)8-4-10-16(18)19-15;1-7-5-3-2-4-6-7/h2-16,27,30H,1H2,(H2,29,31);1-10H;2-6H,1H3. The predicted octanol–water partition coefficient (Wildman–Crippen LogP) is 13.7. The fraction of sp³-hybridized carbons (Fsp3) is 0.0377. The molecule has 3 heterocycles. The van der Waals surface area contributed by atoms with Crippen LogP contribution >= 0.6 is 0 Å². The molecule has 278 valence electrons. The minimum Gasteiger partial charge on any atom is -0.459 e. The Balaban J connectivity index is 0.000000131. The number of H-pyrrole nitrogens is 1. The smallest absolute Gasteiger partial charge is 0.138 e.